The lowest BCUT2D eigenvalue weighted by Gasteiger charge is -2.04. The van der Waals surface area contributed by atoms with Crippen molar-refractivity contribution in [2.24, 2.45) is 5.73 Å². The van der Waals surface area contributed by atoms with Crippen LogP contribution < -0.4 is 11.3 Å². The second-order valence-corrected chi connectivity index (χ2v) is 3.86. The Morgan fingerprint density at radius 1 is 1.47 bits per heavy atom. The van der Waals surface area contributed by atoms with Gasteiger partial charge in [0.1, 0.15) is 5.76 Å². The number of aromatic nitrogens is 3. The lowest BCUT2D eigenvalue weighted by molar-refractivity contribution is -0.118. The van der Waals surface area contributed by atoms with Gasteiger partial charge in [-0.15, -0.1) is 0 Å². The predicted octanol–water partition coefficient (Wildman–Crippen LogP) is -0.733. The van der Waals surface area contributed by atoms with Gasteiger partial charge in [-0.25, -0.2) is 9.48 Å². The van der Waals surface area contributed by atoms with Crippen LogP contribution in [-0.4, -0.2) is 31.9 Å². The molecular formula is C10H10N4O5. The van der Waals surface area contributed by atoms with Crippen molar-refractivity contribution in [3.8, 4) is 0 Å². The summed E-state index contributed by atoms with van der Waals surface area (Å²) in [7, 11) is 0. The molecule has 9 nitrogen and oxygen atoms in total. The molecule has 0 aliphatic rings. The highest BCUT2D eigenvalue weighted by molar-refractivity contribution is 6.00. The molecule has 0 bridgehead atoms. The van der Waals surface area contributed by atoms with Gasteiger partial charge in [0.05, 0.1) is 11.9 Å². The number of rotatable bonds is 4. The first-order chi connectivity index (χ1) is 8.91. The van der Waals surface area contributed by atoms with Gasteiger partial charge in [0.15, 0.2) is 11.2 Å². The number of carbonyl (C=O) groups is 2. The van der Waals surface area contributed by atoms with Crippen molar-refractivity contribution < 1.29 is 19.2 Å². The fourth-order valence-corrected chi connectivity index (χ4v) is 1.65. The van der Waals surface area contributed by atoms with Crippen molar-refractivity contribution in [3.05, 3.63) is 21.8 Å². The van der Waals surface area contributed by atoms with E-state index in [4.69, 9.17) is 15.4 Å². The molecule has 9 heteroatoms. The molecule has 2 heterocycles. The third-order valence-corrected chi connectivity index (χ3v) is 2.53. The highest BCUT2D eigenvalue weighted by atomic mass is 16.5. The van der Waals surface area contributed by atoms with Gasteiger partial charge in [-0.2, -0.15) is 5.10 Å². The normalized spacial score (nSPS) is 10.8. The van der Waals surface area contributed by atoms with E-state index < -0.39 is 17.4 Å². The van der Waals surface area contributed by atoms with Crippen molar-refractivity contribution in [1.82, 2.24) is 14.9 Å². The highest BCUT2D eigenvalue weighted by Gasteiger charge is 2.21. The van der Waals surface area contributed by atoms with Gasteiger partial charge in [0.25, 0.3) is 5.56 Å². The third kappa shape index (κ3) is 2.17. The molecule has 0 aliphatic heterocycles. The molecule has 19 heavy (non-hydrogen) atoms. The van der Waals surface area contributed by atoms with E-state index in [1.165, 1.54) is 6.92 Å². The quantitative estimate of drug-likeness (QED) is 0.742. The van der Waals surface area contributed by atoms with Crippen LogP contribution in [0.15, 0.2) is 9.32 Å². The van der Waals surface area contributed by atoms with E-state index in [2.05, 4.69) is 10.3 Å². The SMILES string of the molecule is Cc1onc2c(=O)n(CCC(N)=O)nc(C(=O)O)c12. The second-order valence-electron chi connectivity index (χ2n) is 3.86. The summed E-state index contributed by atoms with van der Waals surface area (Å²) >= 11 is 0. The Kier molecular flexibility index (Phi) is 3.03. The maximum absolute atomic E-state index is 12.0. The van der Waals surface area contributed by atoms with Crippen LogP contribution in [0.2, 0.25) is 0 Å². The topological polar surface area (TPSA) is 141 Å². The summed E-state index contributed by atoms with van der Waals surface area (Å²) in [4.78, 5) is 33.8. The number of primary amides is 1. The average molecular weight is 266 g/mol. The maximum Gasteiger partial charge on any atom is 0.357 e. The molecule has 1 amide bonds. The van der Waals surface area contributed by atoms with E-state index >= 15 is 0 Å². The van der Waals surface area contributed by atoms with E-state index in [9.17, 15) is 14.4 Å². The number of hydrogen-bond acceptors (Lipinski definition) is 6. The molecule has 0 radical (unpaired) electrons. The Bertz CT molecular complexity index is 729. The molecule has 0 aromatic carbocycles. The molecule has 0 spiro atoms. The lowest BCUT2D eigenvalue weighted by atomic mass is 10.2. The number of carboxylic acid groups (broad SMARTS) is 1. The van der Waals surface area contributed by atoms with Crippen LogP contribution in [0.25, 0.3) is 10.9 Å². The van der Waals surface area contributed by atoms with Gasteiger partial charge in [0.2, 0.25) is 5.91 Å². The number of fused-ring (bicyclic) bond motifs is 1. The van der Waals surface area contributed by atoms with E-state index in [1.54, 1.807) is 0 Å². The summed E-state index contributed by atoms with van der Waals surface area (Å²) in [5.74, 6) is -1.75. The van der Waals surface area contributed by atoms with Crippen LogP contribution in [0, 0.1) is 6.92 Å². The van der Waals surface area contributed by atoms with E-state index in [1.807, 2.05) is 0 Å². The molecule has 0 atom stereocenters. The first-order valence-corrected chi connectivity index (χ1v) is 5.30. The zero-order valence-electron chi connectivity index (χ0n) is 9.91. The van der Waals surface area contributed by atoms with Crippen molar-refractivity contribution >= 4 is 22.8 Å². The molecule has 100 valence electrons. The van der Waals surface area contributed by atoms with Crippen LogP contribution in [0.5, 0.6) is 0 Å². The fraction of sp³-hybridized carbons (Fsp3) is 0.300. The Morgan fingerprint density at radius 3 is 2.74 bits per heavy atom. The Balaban J connectivity index is 2.67. The van der Waals surface area contributed by atoms with Crippen LogP contribution in [-0.2, 0) is 11.3 Å². The smallest absolute Gasteiger partial charge is 0.357 e. The van der Waals surface area contributed by atoms with Crippen LogP contribution >= 0.6 is 0 Å². The standard InChI is InChI=1S/C10H10N4O5/c1-4-6-7(13-19-4)9(16)14(3-2-5(11)15)12-8(6)10(17)18/h2-3H2,1H3,(H2,11,15)(H,17,18). The molecule has 0 unspecified atom stereocenters. The van der Waals surface area contributed by atoms with Crippen molar-refractivity contribution in [2.75, 3.05) is 0 Å². The van der Waals surface area contributed by atoms with Crippen molar-refractivity contribution in [3.63, 3.8) is 0 Å². The highest BCUT2D eigenvalue weighted by Crippen LogP contribution is 2.17. The molecule has 2 aromatic heterocycles. The van der Waals surface area contributed by atoms with Crippen LogP contribution in [0.3, 0.4) is 0 Å². The molecular weight excluding hydrogens is 256 g/mol. The zero-order valence-corrected chi connectivity index (χ0v) is 9.91. The van der Waals surface area contributed by atoms with Crippen molar-refractivity contribution in [1.29, 1.82) is 0 Å². The molecule has 0 aliphatic carbocycles. The number of aromatic carboxylic acids is 1. The van der Waals surface area contributed by atoms with Gasteiger partial charge < -0.3 is 15.4 Å². The van der Waals surface area contributed by atoms with E-state index in [0.717, 1.165) is 4.68 Å². The molecule has 0 saturated heterocycles. The summed E-state index contributed by atoms with van der Waals surface area (Å²) < 4.78 is 5.65. The lowest BCUT2D eigenvalue weighted by Crippen LogP contribution is -2.28. The van der Waals surface area contributed by atoms with Crippen LogP contribution in [0.1, 0.15) is 22.7 Å². The number of carboxylic acids is 1. The minimum Gasteiger partial charge on any atom is -0.476 e. The Morgan fingerprint density at radius 2 is 2.16 bits per heavy atom. The van der Waals surface area contributed by atoms with Gasteiger partial charge in [-0.05, 0) is 6.92 Å². The second kappa shape index (κ2) is 4.52. The number of carbonyl (C=O) groups excluding carboxylic acids is 1. The monoisotopic (exact) mass is 266 g/mol. The van der Waals surface area contributed by atoms with Gasteiger partial charge >= 0.3 is 5.97 Å². The minimum absolute atomic E-state index is 0.0628. The first kappa shape index (κ1) is 12.7. The van der Waals surface area contributed by atoms with Gasteiger partial charge in [0, 0.05) is 6.42 Å². The van der Waals surface area contributed by atoms with Gasteiger partial charge in [-0.3, -0.25) is 9.59 Å². The Hall–Kier alpha value is -2.71. The largest absolute Gasteiger partial charge is 0.476 e. The van der Waals surface area contributed by atoms with Gasteiger partial charge in [-0.1, -0.05) is 5.16 Å². The third-order valence-electron chi connectivity index (χ3n) is 2.53. The molecule has 2 rings (SSSR count). The summed E-state index contributed by atoms with van der Waals surface area (Å²) in [5.41, 5.74) is 3.87. The molecule has 0 fully saturated rings. The van der Waals surface area contributed by atoms with E-state index in [-0.39, 0.29) is 35.3 Å². The van der Waals surface area contributed by atoms with E-state index in [0.29, 0.717) is 0 Å². The number of nitrogens with zero attached hydrogens (tertiary/aromatic N) is 3. The number of nitrogens with two attached hydrogens (primary N) is 1. The molecule has 3 N–H and O–H groups in total. The number of amides is 1. The maximum atomic E-state index is 12.0. The molecule has 0 saturated carbocycles. The minimum atomic E-state index is -1.32. The van der Waals surface area contributed by atoms with Crippen LogP contribution in [0.4, 0.5) is 0 Å². The summed E-state index contributed by atoms with van der Waals surface area (Å²) in [6.45, 7) is 1.37. The predicted molar refractivity (Wildman–Crippen MR) is 61.6 cm³/mol. The number of aryl methyl sites for hydroxylation is 2. The zero-order chi connectivity index (χ0) is 14.2. The summed E-state index contributed by atoms with van der Waals surface area (Å²) in [6, 6.07) is 0. The Labute approximate surface area is 105 Å². The fourth-order valence-electron chi connectivity index (χ4n) is 1.65. The van der Waals surface area contributed by atoms with Crippen molar-refractivity contribution in [2.45, 2.75) is 19.9 Å². The number of hydrogen-bond donors (Lipinski definition) is 2. The summed E-state index contributed by atoms with van der Waals surface area (Å²) in [5, 5.41) is 16.4. The summed E-state index contributed by atoms with van der Waals surface area (Å²) in [6.07, 6.45) is -0.131. The first-order valence-electron chi connectivity index (χ1n) is 5.30. The average Bonchev–Trinajstić information content (AvgIpc) is 2.71. The molecule has 2 aromatic rings.